The van der Waals surface area contributed by atoms with E-state index in [2.05, 4.69) is 44.7 Å². The van der Waals surface area contributed by atoms with E-state index in [-0.39, 0.29) is 81.6 Å². The van der Waals surface area contributed by atoms with Crippen LogP contribution in [0.5, 0.6) is 0 Å². The summed E-state index contributed by atoms with van der Waals surface area (Å²) in [5, 5.41) is 4.16. The van der Waals surface area contributed by atoms with Crippen molar-refractivity contribution in [2.75, 3.05) is 0 Å². The van der Waals surface area contributed by atoms with Gasteiger partial charge in [0.1, 0.15) is 9.79 Å². The first-order valence-corrected chi connectivity index (χ1v) is 10.8. The Balaban J connectivity index is 0.00000420. The molecule has 2 rings (SSSR count). The van der Waals surface area contributed by atoms with Crippen molar-refractivity contribution in [1.82, 2.24) is 0 Å². The van der Waals surface area contributed by atoms with Gasteiger partial charge in [0, 0.05) is 59.1 Å². The summed E-state index contributed by atoms with van der Waals surface area (Å²) in [5.41, 5.74) is 0.405. The number of hydrogen-bond acceptors (Lipinski definition) is 8. The molecule has 2 aromatic carbocycles. The predicted molar refractivity (Wildman–Crippen MR) is 122 cm³/mol. The van der Waals surface area contributed by atoms with Crippen molar-refractivity contribution in [2.45, 2.75) is 9.79 Å². The van der Waals surface area contributed by atoms with Gasteiger partial charge in [0.15, 0.2) is 0 Å². The maximum Gasteiger partial charge on any atom is 0.295 e. The second-order valence-electron chi connectivity index (χ2n) is 5.13. The number of hydrogen-bond donors (Lipinski definition) is 2. The van der Waals surface area contributed by atoms with Crippen molar-refractivity contribution in [3.05, 3.63) is 47.5 Å². The van der Waals surface area contributed by atoms with Crippen LogP contribution in [0.15, 0.2) is 56.2 Å². The Morgan fingerprint density at radius 2 is 1.07 bits per heavy atom. The van der Waals surface area contributed by atoms with Crippen LogP contribution in [0.25, 0.3) is 12.2 Å². The van der Waals surface area contributed by atoms with Crippen LogP contribution in [0.1, 0.15) is 11.1 Å². The minimum Gasteiger partial charge on any atom is -0.282 e. The molecule has 0 fully saturated rings. The fraction of sp³-hybridized carbons (Fsp3) is 0. The number of thiocarbonyl (C=S) groups is 2. The smallest absolute Gasteiger partial charge is 0.282 e. The van der Waals surface area contributed by atoms with Crippen molar-refractivity contribution < 1.29 is 25.9 Å². The maximum absolute atomic E-state index is 11.6. The molecule has 0 aliphatic rings. The minimum atomic E-state index is -4.61. The molecule has 0 aliphatic heterocycles. The van der Waals surface area contributed by atoms with E-state index in [0.717, 1.165) is 12.1 Å². The Morgan fingerprint density at radius 1 is 0.733 bits per heavy atom. The number of nitrogens with zero attached hydrogens (tertiary/aromatic N) is 2. The summed E-state index contributed by atoms with van der Waals surface area (Å²) in [6, 6.07) is 7.68. The van der Waals surface area contributed by atoms with Crippen LogP contribution in [0.4, 0.5) is 11.4 Å². The minimum absolute atomic E-state index is 0. The van der Waals surface area contributed by atoms with Gasteiger partial charge in [-0.15, -0.1) is 0 Å². The predicted octanol–water partition coefficient (Wildman–Crippen LogP) is 3.06. The monoisotopic (exact) mass is 500 g/mol. The Bertz CT molecular complexity index is 1180. The summed E-state index contributed by atoms with van der Waals surface area (Å²) in [5.74, 6) is 0. The van der Waals surface area contributed by atoms with Gasteiger partial charge in [-0.2, -0.15) is 26.8 Å². The van der Waals surface area contributed by atoms with Crippen LogP contribution < -0.4 is 0 Å². The van der Waals surface area contributed by atoms with E-state index in [0.29, 0.717) is 0 Å². The van der Waals surface area contributed by atoms with Crippen molar-refractivity contribution in [3.63, 3.8) is 0 Å². The van der Waals surface area contributed by atoms with E-state index in [1.54, 1.807) is 0 Å². The van der Waals surface area contributed by atoms with Gasteiger partial charge in [-0.3, -0.25) is 9.11 Å². The molecule has 2 aromatic rings. The van der Waals surface area contributed by atoms with Crippen molar-refractivity contribution in [2.24, 2.45) is 9.98 Å². The van der Waals surface area contributed by atoms with E-state index in [1.807, 2.05) is 0 Å². The Labute approximate surface area is 228 Å². The second kappa shape index (κ2) is 12.6. The standard InChI is InChI=1S/C16H10N2O6S4.2Na/c19-27(20,21)15-7-13(17-9-25)5-3-11(15)1-2-12-4-6-14(18-10-26)8-16(12)28(22,23)24;;/h1-8H,(H,19,20,21)(H,22,23,24);;/b2-1+;;. The van der Waals surface area contributed by atoms with Crippen molar-refractivity contribution in [3.8, 4) is 0 Å². The largest absolute Gasteiger partial charge is 0.295 e. The quantitative estimate of drug-likeness (QED) is 0.203. The molecule has 0 saturated heterocycles. The summed E-state index contributed by atoms with van der Waals surface area (Å²) >= 11 is 8.91. The number of benzene rings is 2. The SMILES string of the molecule is O=S(=O)(O)c1cc(N=C=S)ccc1/C=C/c1ccc(N=C=S)cc1S(=O)(=O)O.[Na].[Na]. The van der Waals surface area contributed by atoms with E-state index in [1.165, 1.54) is 36.4 Å². The van der Waals surface area contributed by atoms with E-state index < -0.39 is 30.0 Å². The van der Waals surface area contributed by atoms with Crippen LogP contribution >= 0.6 is 24.4 Å². The third kappa shape index (κ3) is 8.27. The van der Waals surface area contributed by atoms with Gasteiger partial charge in [0.05, 0.1) is 21.7 Å². The molecule has 146 valence electrons. The zero-order chi connectivity index (χ0) is 20.9. The molecule has 0 aliphatic carbocycles. The molecule has 8 nitrogen and oxygen atoms in total. The molecule has 2 radical (unpaired) electrons. The van der Waals surface area contributed by atoms with E-state index in [4.69, 9.17) is 0 Å². The van der Waals surface area contributed by atoms with Gasteiger partial charge < -0.3 is 0 Å². The zero-order valence-electron chi connectivity index (χ0n) is 15.7. The Hall–Kier alpha value is -0.400. The first-order chi connectivity index (χ1) is 13.1. The van der Waals surface area contributed by atoms with Crippen molar-refractivity contribution in [1.29, 1.82) is 0 Å². The summed E-state index contributed by atoms with van der Waals surface area (Å²) in [6.07, 6.45) is 2.50. The van der Waals surface area contributed by atoms with E-state index >= 15 is 0 Å². The zero-order valence-corrected chi connectivity index (χ0v) is 22.9. The van der Waals surface area contributed by atoms with Crippen LogP contribution in [0, 0.1) is 0 Å². The average Bonchev–Trinajstić information content (AvgIpc) is 2.60. The van der Waals surface area contributed by atoms with Gasteiger partial charge in [-0.05, 0) is 59.8 Å². The van der Waals surface area contributed by atoms with Gasteiger partial charge in [0.2, 0.25) is 0 Å². The molecular weight excluding hydrogens is 490 g/mol. The van der Waals surface area contributed by atoms with Gasteiger partial charge in [-0.25, -0.2) is 0 Å². The van der Waals surface area contributed by atoms with Gasteiger partial charge in [0.25, 0.3) is 20.2 Å². The number of isothiocyanates is 2. The summed E-state index contributed by atoms with van der Waals surface area (Å²) < 4.78 is 65.4. The molecule has 30 heavy (non-hydrogen) atoms. The van der Waals surface area contributed by atoms with Crippen LogP contribution in [-0.2, 0) is 20.2 Å². The van der Waals surface area contributed by atoms with Crippen molar-refractivity contribution >= 4 is 138 Å². The Kier molecular flexibility index (Phi) is 12.4. The molecule has 14 heteroatoms. The second-order valence-corrected chi connectivity index (χ2v) is 8.28. The molecule has 0 aromatic heterocycles. The summed E-state index contributed by atoms with van der Waals surface area (Å²) in [7, 11) is -9.21. The van der Waals surface area contributed by atoms with Crippen LogP contribution in [-0.4, -0.2) is 95.4 Å². The average molecular weight is 501 g/mol. The fourth-order valence-corrected chi connectivity index (χ4v) is 3.81. The third-order valence-corrected chi connectivity index (χ3v) is 5.34. The van der Waals surface area contributed by atoms with Crippen LogP contribution in [0.2, 0.25) is 0 Å². The Morgan fingerprint density at radius 3 is 1.33 bits per heavy atom. The molecule has 0 spiro atoms. The van der Waals surface area contributed by atoms with Gasteiger partial charge in [-0.1, -0.05) is 24.3 Å². The normalized spacial score (nSPS) is 10.9. The molecule has 0 unspecified atom stereocenters. The molecule has 0 heterocycles. The van der Waals surface area contributed by atoms with Gasteiger partial charge >= 0.3 is 0 Å². The number of aliphatic imine (C=N–C) groups is 2. The molecular formula is C16H10N2Na2O6S4. The molecule has 0 bridgehead atoms. The molecule has 0 atom stereocenters. The molecule has 2 N–H and O–H groups in total. The topological polar surface area (TPSA) is 133 Å². The van der Waals surface area contributed by atoms with Crippen LogP contribution in [0.3, 0.4) is 0 Å². The fourth-order valence-electron chi connectivity index (χ4n) is 2.19. The molecule has 0 amide bonds. The molecule has 0 saturated carbocycles. The summed E-state index contributed by atoms with van der Waals surface area (Å²) in [4.78, 5) is 6.35. The van der Waals surface area contributed by atoms with E-state index in [9.17, 15) is 25.9 Å². The first kappa shape index (κ1) is 29.6. The first-order valence-electron chi connectivity index (χ1n) is 7.13. The third-order valence-electron chi connectivity index (χ3n) is 3.34. The number of rotatable bonds is 6. The summed E-state index contributed by atoms with van der Waals surface area (Å²) in [6.45, 7) is 0. The maximum atomic E-state index is 11.6.